The standard InChI is InChI=1S/C27H35N3O3/c1-5-6-16-23(31)21(17-18(2)3)26(32)29-25-27(33)30(4)22-15-11-10-14-20(22)24(28-25)19-12-8-7-9-13-19/h7-15,18,21,23,25,31H,5-6,16-17H2,1-4H3,(H,29,32)/t21?,23-,25+/m0/s1. The molecule has 6 heteroatoms. The first-order valence-electron chi connectivity index (χ1n) is 11.8. The van der Waals surface area contributed by atoms with E-state index in [-0.39, 0.29) is 17.7 Å². The number of rotatable bonds is 9. The van der Waals surface area contributed by atoms with Gasteiger partial charge in [0.05, 0.1) is 23.4 Å². The number of anilines is 1. The summed E-state index contributed by atoms with van der Waals surface area (Å²) in [7, 11) is 1.70. The summed E-state index contributed by atoms with van der Waals surface area (Å²) >= 11 is 0. The zero-order valence-electron chi connectivity index (χ0n) is 20.0. The van der Waals surface area contributed by atoms with Gasteiger partial charge in [0.15, 0.2) is 0 Å². The Morgan fingerprint density at radius 3 is 2.45 bits per heavy atom. The third-order valence-corrected chi connectivity index (χ3v) is 6.05. The predicted octanol–water partition coefficient (Wildman–Crippen LogP) is 4.16. The molecule has 2 aromatic rings. The number of aliphatic hydroxyl groups excluding tert-OH is 1. The fourth-order valence-corrected chi connectivity index (χ4v) is 4.25. The number of benzene rings is 2. The first-order chi connectivity index (χ1) is 15.8. The number of para-hydroxylation sites is 1. The predicted molar refractivity (Wildman–Crippen MR) is 132 cm³/mol. The van der Waals surface area contributed by atoms with E-state index in [1.807, 2.05) is 68.4 Å². The maximum atomic E-state index is 13.3. The second-order valence-electron chi connectivity index (χ2n) is 9.11. The Morgan fingerprint density at radius 2 is 1.79 bits per heavy atom. The smallest absolute Gasteiger partial charge is 0.272 e. The SMILES string of the molecule is CCCC[C@H](O)C(CC(C)C)C(=O)N[C@H]1N=C(c2ccccc2)c2ccccc2N(C)C1=O. The highest BCUT2D eigenvalue weighted by Gasteiger charge is 2.34. The molecule has 6 nitrogen and oxygen atoms in total. The van der Waals surface area contributed by atoms with E-state index in [1.165, 1.54) is 0 Å². The summed E-state index contributed by atoms with van der Waals surface area (Å²) in [6.45, 7) is 6.11. The normalized spacial score (nSPS) is 17.8. The average molecular weight is 450 g/mol. The van der Waals surface area contributed by atoms with Crippen LogP contribution in [0.5, 0.6) is 0 Å². The minimum Gasteiger partial charge on any atom is -0.392 e. The number of nitrogens with zero attached hydrogens (tertiary/aromatic N) is 2. The Hall–Kier alpha value is -2.99. The van der Waals surface area contributed by atoms with Crippen molar-refractivity contribution >= 4 is 23.2 Å². The van der Waals surface area contributed by atoms with Gasteiger partial charge in [-0.1, -0.05) is 82.1 Å². The number of hydrogen-bond acceptors (Lipinski definition) is 4. The van der Waals surface area contributed by atoms with Crippen LogP contribution in [-0.4, -0.2) is 41.9 Å². The summed E-state index contributed by atoms with van der Waals surface area (Å²) in [6, 6.07) is 17.3. The van der Waals surface area contributed by atoms with Crippen LogP contribution in [0.4, 0.5) is 5.69 Å². The number of aliphatic imine (C=N–C) groups is 1. The van der Waals surface area contributed by atoms with Crippen LogP contribution < -0.4 is 10.2 Å². The molecule has 0 aliphatic carbocycles. The second kappa shape index (κ2) is 11.2. The van der Waals surface area contributed by atoms with E-state index in [0.717, 1.165) is 29.7 Å². The van der Waals surface area contributed by atoms with Crippen LogP contribution in [0, 0.1) is 11.8 Å². The van der Waals surface area contributed by atoms with Crippen molar-refractivity contribution in [2.75, 3.05) is 11.9 Å². The van der Waals surface area contributed by atoms with E-state index < -0.39 is 18.2 Å². The fraction of sp³-hybridized carbons (Fsp3) is 0.444. The minimum absolute atomic E-state index is 0.233. The van der Waals surface area contributed by atoms with Crippen molar-refractivity contribution in [1.29, 1.82) is 0 Å². The molecule has 3 atom stereocenters. The van der Waals surface area contributed by atoms with Crippen molar-refractivity contribution in [1.82, 2.24) is 5.32 Å². The molecular formula is C27H35N3O3. The van der Waals surface area contributed by atoms with Crippen molar-refractivity contribution in [2.45, 2.75) is 58.7 Å². The van der Waals surface area contributed by atoms with E-state index >= 15 is 0 Å². The molecule has 33 heavy (non-hydrogen) atoms. The van der Waals surface area contributed by atoms with E-state index in [0.29, 0.717) is 18.6 Å². The van der Waals surface area contributed by atoms with Gasteiger partial charge >= 0.3 is 0 Å². The molecule has 0 saturated carbocycles. The lowest BCUT2D eigenvalue weighted by molar-refractivity contribution is -0.133. The number of fused-ring (bicyclic) bond motifs is 1. The zero-order chi connectivity index (χ0) is 24.0. The van der Waals surface area contributed by atoms with Crippen molar-refractivity contribution in [2.24, 2.45) is 16.8 Å². The lowest BCUT2D eigenvalue weighted by Crippen LogP contribution is -2.49. The molecule has 1 aliphatic rings. The summed E-state index contributed by atoms with van der Waals surface area (Å²) in [5.41, 5.74) is 3.09. The summed E-state index contributed by atoms with van der Waals surface area (Å²) in [5, 5.41) is 13.6. The third kappa shape index (κ3) is 5.88. The number of aliphatic hydroxyl groups is 1. The number of benzodiazepines with no additional fused rings is 1. The Bertz CT molecular complexity index is 987. The van der Waals surface area contributed by atoms with Crippen LogP contribution in [0.3, 0.4) is 0 Å². The third-order valence-electron chi connectivity index (χ3n) is 6.05. The molecule has 0 aromatic heterocycles. The molecule has 2 aromatic carbocycles. The molecule has 0 saturated heterocycles. The number of likely N-dealkylation sites (N-methyl/N-ethyl adjacent to an activating group) is 1. The van der Waals surface area contributed by atoms with Gasteiger partial charge in [-0.2, -0.15) is 0 Å². The molecule has 0 bridgehead atoms. The summed E-state index contributed by atoms with van der Waals surface area (Å²) in [4.78, 5) is 33.0. The monoisotopic (exact) mass is 449 g/mol. The van der Waals surface area contributed by atoms with Crippen molar-refractivity contribution < 1.29 is 14.7 Å². The maximum Gasteiger partial charge on any atom is 0.272 e. The molecule has 0 spiro atoms. The molecule has 0 radical (unpaired) electrons. The number of amides is 2. The van der Waals surface area contributed by atoms with E-state index in [1.54, 1.807) is 11.9 Å². The topological polar surface area (TPSA) is 82.0 Å². The zero-order valence-corrected chi connectivity index (χ0v) is 20.0. The van der Waals surface area contributed by atoms with Gasteiger partial charge in [0, 0.05) is 18.2 Å². The molecule has 1 unspecified atom stereocenters. The first kappa shape index (κ1) is 24.6. The minimum atomic E-state index is -1.07. The van der Waals surface area contributed by atoms with Crippen LogP contribution in [0.1, 0.15) is 57.6 Å². The van der Waals surface area contributed by atoms with Gasteiger partial charge < -0.3 is 15.3 Å². The van der Waals surface area contributed by atoms with Crippen LogP contribution in [-0.2, 0) is 9.59 Å². The Morgan fingerprint density at radius 1 is 1.12 bits per heavy atom. The van der Waals surface area contributed by atoms with E-state index in [9.17, 15) is 14.7 Å². The van der Waals surface area contributed by atoms with Gasteiger partial charge in [-0.25, -0.2) is 4.99 Å². The molecule has 2 amide bonds. The average Bonchev–Trinajstić information content (AvgIpc) is 2.92. The number of nitrogens with one attached hydrogen (secondary N) is 1. The largest absolute Gasteiger partial charge is 0.392 e. The van der Waals surface area contributed by atoms with Gasteiger partial charge in [-0.15, -0.1) is 0 Å². The molecule has 0 fully saturated rings. The van der Waals surface area contributed by atoms with Crippen LogP contribution in [0.2, 0.25) is 0 Å². The van der Waals surface area contributed by atoms with E-state index in [2.05, 4.69) is 12.2 Å². The molecule has 1 heterocycles. The van der Waals surface area contributed by atoms with Gasteiger partial charge in [-0.05, 0) is 24.8 Å². The lowest BCUT2D eigenvalue weighted by Gasteiger charge is -2.26. The highest BCUT2D eigenvalue weighted by molar-refractivity contribution is 6.20. The highest BCUT2D eigenvalue weighted by Crippen LogP contribution is 2.27. The quantitative estimate of drug-likeness (QED) is 0.603. The van der Waals surface area contributed by atoms with Crippen molar-refractivity contribution in [3.63, 3.8) is 0 Å². The number of hydrogen-bond donors (Lipinski definition) is 2. The van der Waals surface area contributed by atoms with Gasteiger partial charge in [0.25, 0.3) is 5.91 Å². The maximum absolute atomic E-state index is 13.3. The summed E-state index contributed by atoms with van der Waals surface area (Å²) in [5.74, 6) is -0.998. The Kier molecular flexibility index (Phi) is 8.39. The van der Waals surface area contributed by atoms with Gasteiger partial charge in [0.1, 0.15) is 0 Å². The number of unbranched alkanes of at least 4 members (excludes halogenated alkanes) is 1. The molecule has 176 valence electrons. The van der Waals surface area contributed by atoms with Crippen molar-refractivity contribution in [3.05, 3.63) is 65.7 Å². The highest BCUT2D eigenvalue weighted by atomic mass is 16.3. The number of carbonyl (C=O) groups excluding carboxylic acids is 2. The fourth-order valence-electron chi connectivity index (χ4n) is 4.25. The van der Waals surface area contributed by atoms with Crippen LogP contribution in [0.15, 0.2) is 59.6 Å². The van der Waals surface area contributed by atoms with Crippen LogP contribution >= 0.6 is 0 Å². The first-order valence-corrected chi connectivity index (χ1v) is 11.8. The molecule has 3 rings (SSSR count). The van der Waals surface area contributed by atoms with Gasteiger partial charge in [-0.3, -0.25) is 9.59 Å². The summed E-state index contributed by atoms with van der Waals surface area (Å²) < 4.78 is 0. The van der Waals surface area contributed by atoms with E-state index in [4.69, 9.17) is 4.99 Å². The number of carbonyl (C=O) groups is 2. The molecular weight excluding hydrogens is 414 g/mol. The lowest BCUT2D eigenvalue weighted by atomic mass is 9.88. The van der Waals surface area contributed by atoms with Gasteiger partial charge in [0.2, 0.25) is 12.1 Å². The second-order valence-corrected chi connectivity index (χ2v) is 9.11. The van der Waals surface area contributed by atoms with Crippen LogP contribution in [0.25, 0.3) is 0 Å². The molecule has 2 N–H and O–H groups in total. The summed E-state index contributed by atoms with van der Waals surface area (Å²) in [6.07, 6.45) is 1.08. The van der Waals surface area contributed by atoms with Crippen molar-refractivity contribution in [3.8, 4) is 0 Å². The Labute approximate surface area is 196 Å². The molecule has 1 aliphatic heterocycles. The Balaban J connectivity index is 1.97.